The van der Waals surface area contributed by atoms with Crippen molar-refractivity contribution in [2.24, 2.45) is 0 Å². The average Bonchev–Trinajstić information content (AvgIpc) is 2.64. The molecule has 0 radical (unpaired) electrons. The smallest absolute Gasteiger partial charge is 0.251 e. The molecule has 1 unspecified atom stereocenters. The highest BCUT2D eigenvalue weighted by molar-refractivity contribution is 7.89. The van der Waals surface area contributed by atoms with Crippen molar-refractivity contribution in [3.63, 3.8) is 0 Å². The zero-order chi connectivity index (χ0) is 19.6. The summed E-state index contributed by atoms with van der Waals surface area (Å²) in [4.78, 5) is 12.5. The van der Waals surface area contributed by atoms with Crippen molar-refractivity contribution in [3.05, 3.63) is 64.4 Å². The van der Waals surface area contributed by atoms with Crippen LogP contribution in [-0.4, -0.2) is 37.8 Å². The predicted molar refractivity (Wildman–Crippen MR) is 102 cm³/mol. The van der Waals surface area contributed by atoms with E-state index in [1.165, 1.54) is 28.6 Å². The molecule has 0 spiro atoms. The molecule has 1 N–H and O–H groups in total. The third-order valence-electron chi connectivity index (χ3n) is 4.64. The maximum atomic E-state index is 13.3. The average molecular weight is 411 g/mol. The van der Waals surface area contributed by atoms with E-state index in [-0.39, 0.29) is 23.0 Å². The van der Waals surface area contributed by atoms with Gasteiger partial charge in [0.05, 0.1) is 4.90 Å². The molecule has 2 aromatic rings. The number of halogens is 2. The van der Waals surface area contributed by atoms with Crippen molar-refractivity contribution in [1.29, 1.82) is 0 Å². The van der Waals surface area contributed by atoms with Crippen LogP contribution in [-0.2, 0) is 10.0 Å². The normalized spacial score (nSPS) is 18.3. The van der Waals surface area contributed by atoms with Gasteiger partial charge in [0.15, 0.2) is 0 Å². The molecule has 2 aromatic carbocycles. The molecule has 8 heteroatoms. The molecule has 0 bridgehead atoms. The Morgan fingerprint density at radius 2 is 2.00 bits per heavy atom. The summed E-state index contributed by atoms with van der Waals surface area (Å²) in [6, 6.07) is 9.84. The summed E-state index contributed by atoms with van der Waals surface area (Å²) in [7, 11) is -3.72. The lowest BCUT2D eigenvalue weighted by atomic mass is 10.1. The summed E-state index contributed by atoms with van der Waals surface area (Å²) < 4.78 is 40.7. The molecule has 27 heavy (non-hydrogen) atoms. The van der Waals surface area contributed by atoms with E-state index in [4.69, 9.17) is 11.6 Å². The van der Waals surface area contributed by atoms with Crippen LogP contribution in [0.25, 0.3) is 0 Å². The van der Waals surface area contributed by atoms with Crippen LogP contribution in [0.1, 0.15) is 28.8 Å². The molecule has 1 heterocycles. The first-order valence-corrected chi connectivity index (χ1v) is 10.4. The van der Waals surface area contributed by atoms with E-state index in [0.29, 0.717) is 30.0 Å². The number of hydrogen-bond acceptors (Lipinski definition) is 3. The Morgan fingerprint density at radius 3 is 2.74 bits per heavy atom. The molecule has 0 aromatic heterocycles. The summed E-state index contributed by atoms with van der Waals surface area (Å²) in [6.45, 7) is 2.21. The number of sulfonamides is 1. The molecule has 1 aliphatic rings. The number of nitrogens with one attached hydrogen (secondary N) is 1. The topological polar surface area (TPSA) is 66.5 Å². The Labute approximate surface area is 163 Å². The number of carbonyl (C=O) groups is 1. The van der Waals surface area contributed by atoms with Gasteiger partial charge in [-0.3, -0.25) is 4.79 Å². The molecule has 1 saturated heterocycles. The lowest BCUT2D eigenvalue weighted by Gasteiger charge is -2.32. The van der Waals surface area contributed by atoms with Gasteiger partial charge in [0.2, 0.25) is 10.0 Å². The first kappa shape index (κ1) is 19.8. The van der Waals surface area contributed by atoms with Gasteiger partial charge in [-0.15, -0.1) is 0 Å². The molecule has 1 amide bonds. The lowest BCUT2D eigenvalue weighted by Crippen LogP contribution is -2.49. The highest BCUT2D eigenvalue weighted by atomic mass is 35.5. The van der Waals surface area contributed by atoms with E-state index in [1.807, 2.05) is 0 Å². The zero-order valence-corrected chi connectivity index (χ0v) is 16.4. The van der Waals surface area contributed by atoms with Crippen LogP contribution in [0, 0.1) is 12.7 Å². The van der Waals surface area contributed by atoms with Gasteiger partial charge in [-0.2, -0.15) is 4.31 Å². The van der Waals surface area contributed by atoms with Crippen molar-refractivity contribution >= 4 is 27.5 Å². The minimum atomic E-state index is -3.72. The number of rotatable bonds is 4. The van der Waals surface area contributed by atoms with Crippen LogP contribution < -0.4 is 5.32 Å². The van der Waals surface area contributed by atoms with Crippen LogP contribution in [0.2, 0.25) is 5.02 Å². The molecule has 1 fully saturated rings. The number of nitrogens with zero attached hydrogens (tertiary/aromatic N) is 1. The minimum absolute atomic E-state index is 0.162. The van der Waals surface area contributed by atoms with Gasteiger partial charge in [0.1, 0.15) is 5.82 Å². The van der Waals surface area contributed by atoms with E-state index >= 15 is 0 Å². The number of carbonyl (C=O) groups excluding carboxylic acids is 1. The van der Waals surface area contributed by atoms with Crippen LogP contribution in [0.4, 0.5) is 4.39 Å². The highest BCUT2D eigenvalue weighted by Crippen LogP contribution is 2.27. The van der Waals surface area contributed by atoms with Crippen molar-refractivity contribution in [1.82, 2.24) is 9.62 Å². The van der Waals surface area contributed by atoms with E-state index in [1.54, 1.807) is 19.1 Å². The second kappa shape index (κ2) is 7.96. The van der Waals surface area contributed by atoms with Gasteiger partial charge in [-0.1, -0.05) is 23.7 Å². The monoisotopic (exact) mass is 410 g/mol. The van der Waals surface area contributed by atoms with Crippen LogP contribution >= 0.6 is 11.6 Å². The summed E-state index contributed by atoms with van der Waals surface area (Å²) in [5.74, 6) is -0.912. The summed E-state index contributed by atoms with van der Waals surface area (Å²) in [5, 5.41) is 3.20. The SMILES string of the molecule is Cc1c(Cl)cccc1S(=O)(=O)N1CCCC(NC(=O)c2cccc(F)c2)C1. The van der Waals surface area contributed by atoms with E-state index < -0.39 is 21.7 Å². The lowest BCUT2D eigenvalue weighted by molar-refractivity contribution is 0.0921. The second-order valence-electron chi connectivity index (χ2n) is 6.55. The molecule has 1 aliphatic heterocycles. The predicted octanol–water partition coefficient (Wildman–Crippen LogP) is 3.37. The maximum Gasteiger partial charge on any atom is 0.251 e. The fourth-order valence-electron chi connectivity index (χ4n) is 3.18. The molecular weight excluding hydrogens is 391 g/mol. The van der Waals surface area contributed by atoms with Crippen molar-refractivity contribution in [2.45, 2.75) is 30.7 Å². The van der Waals surface area contributed by atoms with Crippen LogP contribution in [0.5, 0.6) is 0 Å². The first-order valence-electron chi connectivity index (χ1n) is 8.61. The molecular formula is C19H20ClFN2O3S. The quantitative estimate of drug-likeness (QED) is 0.840. The van der Waals surface area contributed by atoms with Gasteiger partial charge < -0.3 is 5.32 Å². The Morgan fingerprint density at radius 1 is 1.26 bits per heavy atom. The highest BCUT2D eigenvalue weighted by Gasteiger charge is 2.32. The number of piperidine rings is 1. The number of hydrogen-bond donors (Lipinski definition) is 1. The van der Waals surface area contributed by atoms with Gasteiger partial charge in [-0.05, 0) is 55.7 Å². The summed E-state index contributed by atoms with van der Waals surface area (Å²) >= 11 is 6.07. The summed E-state index contributed by atoms with van der Waals surface area (Å²) in [5.41, 5.74) is 0.714. The molecule has 0 aliphatic carbocycles. The van der Waals surface area contributed by atoms with Crippen molar-refractivity contribution < 1.29 is 17.6 Å². The maximum absolute atomic E-state index is 13.3. The zero-order valence-electron chi connectivity index (χ0n) is 14.8. The molecule has 1 atom stereocenters. The Kier molecular flexibility index (Phi) is 5.83. The summed E-state index contributed by atoms with van der Waals surface area (Å²) in [6.07, 6.45) is 1.27. The Bertz CT molecular complexity index is 965. The van der Waals surface area contributed by atoms with Crippen molar-refractivity contribution in [2.75, 3.05) is 13.1 Å². The van der Waals surface area contributed by atoms with Gasteiger partial charge in [0.25, 0.3) is 5.91 Å². The molecule has 144 valence electrons. The van der Waals surface area contributed by atoms with Crippen LogP contribution in [0.3, 0.4) is 0 Å². The van der Waals surface area contributed by atoms with Crippen molar-refractivity contribution in [3.8, 4) is 0 Å². The molecule has 5 nitrogen and oxygen atoms in total. The molecule has 0 saturated carbocycles. The Hall–Kier alpha value is -1.96. The fourth-order valence-corrected chi connectivity index (χ4v) is 5.19. The number of amides is 1. The van der Waals surface area contributed by atoms with Crippen LogP contribution in [0.15, 0.2) is 47.4 Å². The van der Waals surface area contributed by atoms with Gasteiger partial charge in [-0.25, -0.2) is 12.8 Å². The number of benzene rings is 2. The van der Waals surface area contributed by atoms with E-state index in [0.717, 1.165) is 6.07 Å². The van der Waals surface area contributed by atoms with E-state index in [2.05, 4.69) is 5.32 Å². The third kappa shape index (κ3) is 4.31. The largest absolute Gasteiger partial charge is 0.348 e. The third-order valence-corrected chi connectivity index (χ3v) is 7.06. The standard InChI is InChI=1S/C19H20ClFN2O3S/c1-13-17(20)8-3-9-18(13)27(25,26)23-10-4-7-16(12-23)22-19(24)14-5-2-6-15(21)11-14/h2-3,5-6,8-9,11,16H,4,7,10,12H2,1H3,(H,22,24). The van der Waals surface area contributed by atoms with E-state index in [9.17, 15) is 17.6 Å². The van der Waals surface area contributed by atoms with Gasteiger partial charge in [0, 0.05) is 29.7 Å². The van der Waals surface area contributed by atoms with Gasteiger partial charge >= 0.3 is 0 Å². The molecule has 3 rings (SSSR count). The second-order valence-corrected chi connectivity index (χ2v) is 8.86. The Balaban J connectivity index is 1.76. The minimum Gasteiger partial charge on any atom is -0.348 e. The fraction of sp³-hybridized carbons (Fsp3) is 0.316. The first-order chi connectivity index (χ1) is 12.8.